The predicted molar refractivity (Wildman–Crippen MR) is 143 cm³/mol. The topological polar surface area (TPSA) is 60.5 Å². The number of fused-ring (bicyclic) bond motifs is 2. The summed E-state index contributed by atoms with van der Waals surface area (Å²) >= 11 is 0. The van der Waals surface area contributed by atoms with Gasteiger partial charge in [0.05, 0.1) is 33.4 Å². The lowest BCUT2D eigenvalue weighted by molar-refractivity contribution is -0.145. The molecule has 3 fully saturated rings. The highest BCUT2D eigenvalue weighted by Gasteiger charge is 2.52. The fourth-order valence-electron chi connectivity index (χ4n) is 7.13. The smallest absolute Gasteiger partial charge is 0.311 e. The zero-order chi connectivity index (χ0) is 26.0. The van der Waals surface area contributed by atoms with Gasteiger partial charge in [0.15, 0.2) is 0 Å². The summed E-state index contributed by atoms with van der Waals surface area (Å²) in [4.78, 5) is 18.2. The third-order valence-corrected chi connectivity index (χ3v) is 9.25. The van der Waals surface area contributed by atoms with Crippen LogP contribution >= 0.6 is 0 Å². The molecular formula is C30H44N2O5. The van der Waals surface area contributed by atoms with Gasteiger partial charge in [-0.25, -0.2) is 0 Å². The van der Waals surface area contributed by atoms with Crippen molar-refractivity contribution in [3.8, 4) is 11.5 Å². The lowest BCUT2D eigenvalue weighted by Crippen LogP contribution is -2.44. The second-order valence-electron chi connectivity index (χ2n) is 11.7. The normalized spacial score (nSPS) is 31.9. The summed E-state index contributed by atoms with van der Waals surface area (Å²) in [6.07, 6.45) is 7.15. The van der Waals surface area contributed by atoms with Crippen molar-refractivity contribution in [3.05, 3.63) is 35.4 Å². The second kappa shape index (κ2) is 11.3. The molecule has 5 rings (SSSR count). The van der Waals surface area contributed by atoms with E-state index in [2.05, 4.69) is 29.7 Å². The molecule has 2 aliphatic heterocycles. The molecule has 2 saturated heterocycles. The predicted octanol–water partition coefficient (Wildman–Crippen LogP) is 4.15. The molecule has 0 unspecified atom stereocenters. The number of morpholine rings is 1. The molecule has 204 valence electrons. The molecule has 0 amide bonds. The molecule has 0 aromatic heterocycles. The van der Waals surface area contributed by atoms with E-state index in [-0.39, 0.29) is 29.3 Å². The number of benzene rings is 1. The lowest BCUT2D eigenvalue weighted by atomic mass is 9.59. The highest BCUT2D eigenvalue weighted by Crippen LogP contribution is 2.54. The average molecular weight is 513 g/mol. The van der Waals surface area contributed by atoms with E-state index >= 15 is 0 Å². The number of esters is 1. The van der Waals surface area contributed by atoms with Crippen molar-refractivity contribution < 1.29 is 23.7 Å². The molecule has 4 aliphatic rings. The monoisotopic (exact) mass is 512 g/mol. The summed E-state index contributed by atoms with van der Waals surface area (Å²) in [5.74, 6) is 2.24. The third-order valence-electron chi connectivity index (χ3n) is 9.25. The Morgan fingerprint density at radius 1 is 1.19 bits per heavy atom. The summed E-state index contributed by atoms with van der Waals surface area (Å²) in [7, 11) is 3.39. The molecule has 7 nitrogen and oxygen atoms in total. The van der Waals surface area contributed by atoms with Crippen molar-refractivity contribution in [1.29, 1.82) is 0 Å². The standard InChI is InChI=1S/C30H44N2O5/c1-21-6-5-9-30(2)18-28-24(17-26(21)30)25(29(33)37-28)20-32(11-10-31-12-14-36-15-13-31)19-22-16-23(34-3)7-8-27(22)35-4/h7-8,16-17,21,24-25,28H,5-6,9-15,18-20H2,1-4H3/t21-,24+,25+,28+,30+/m0/s1. The molecule has 5 atom stereocenters. The largest absolute Gasteiger partial charge is 0.497 e. The number of rotatable bonds is 9. The summed E-state index contributed by atoms with van der Waals surface area (Å²) in [6, 6.07) is 5.94. The number of hydrogen-bond acceptors (Lipinski definition) is 7. The van der Waals surface area contributed by atoms with Crippen molar-refractivity contribution in [1.82, 2.24) is 9.80 Å². The van der Waals surface area contributed by atoms with Crippen molar-refractivity contribution >= 4 is 5.97 Å². The Bertz CT molecular complexity index is 990. The van der Waals surface area contributed by atoms with Crippen LogP contribution in [0.3, 0.4) is 0 Å². The minimum Gasteiger partial charge on any atom is -0.497 e. The van der Waals surface area contributed by atoms with Gasteiger partial charge in [0, 0.05) is 50.7 Å². The Morgan fingerprint density at radius 3 is 2.76 bits per heavy atom. The molecule has 0 N–H and O–H groups in total. The zero-order valence-electron chi connectivity index (χ0n) is 23.0. The molecule has 37 heavy (non-hydrogen) atoms. The maximum absolute atomic E-state index is 13.3. The first-order chi connectivity index (χ1) is 17.9. The number of nitrogens with zero attached hydrogens (tertiary/aromatic N) is 2. The first-order valence-corrected chi connectivity index (χ1v) is 14.1. The summed E-state index contributed by atoms with van der Waals surface area (Å²) in [6.45, 7) is 11.4. The fourth-order valence-corrected chi connectivity index (χ4v) is 7.13. The first kappa shape index (κ1) is 26.5. The van der Waals surface area contributed by atoms with Crippen LogP contribution in [0.25, 0.3) is 0 Å². The van der Waals surface area contributed by atoms with E-state index in [1.165, 1.54) is 19.3 Å². The first-order valence-electron chi connectivity index (χ1n) is 14.1. The van der Waals surface area contributed by atoms with Crippen molar-refractivity contribution in [2.45, 2.75) is 52.2 Å². The highest BCUT2D eigenvalue weighted by molar-refractivity contribution is 5.76. The lowest BCUT2D eigenvalue weighted by Gasteiger charge is -2.46. The fraction of sp³-hybridized carbons (Fsp3) is 0.700. The second-order valence-corrected chi connectivity index (χ2v) is 11.7. The Kier molecular flexibility index (Phi) is 8.13. The molecule has 1 aromatic rings. The van der Waals surface area contributed by atoms with E-state index in [0.717, 1.165) is 62.9 Å². The molecule has 0 bridgehead atoms. The van der Waals surface area contributed by atoms with Gasteiger partial charge in [0.25, 0.3) is 0 Å². The van der Waals surface area contributed by atoms with Gasteiger partial charge in [-0.1, -0.05) is 31.9 Å². The van der Waals surface area contributed by atoms with Gasteiger partial charge in [-0.05, 0) is 48.8 Å². The summed E-state index contributed by atoms with van der Waals surface area (Å²) in [5, 5.41) is 0. The van der Waals surface area contributed by atoms with Crippen molar-refractivity contribution in [3.63, 3.8) is 0 Å². The van der Waals surface area contributed by atoms with Crippen LogP contribution in [0, 0.1) is 23.2 Å². The van der Waals surface area contributed by atoms with Crippen LogP contribution in [0.5, 0.6) is 11.5 Å². The number of allylic oxidation sites excluding steroid dienone is 1. The van der Waals surface area contributed by atoms with E-state index in [9.17, 15) is 4.79 Å². The van der Waals surface area contributed by atoms with Gasteiger partial charge in [0.1, 0.15) is 17.6 Å². The molecule has 0 radical (unpaired) electrons. The molecule has 2 aliphatic carbocycles. The van der Waals surface area contributed by atoms with Crippen molar-refractivity contribution in [2.24, 2.45) is 23.2 Å². The third kappa shape index (κ3) is 5.69. The van der Waals surface area contributed by atoms with Gasteiger partial charge < -0.3 is 18.9 Å². The van der Waals surface area contributed by atoms with Crippen LogP contribution in [-0.2, 0) is 20.8 Å². The molecule has 2 heterocycles. The zero-order valence-corrected chi connectivity index (χ0v) is 23.0. The van der Waals surface area contributed by atoms with Gasteiger partial charge in [0.2, 0.25) is 0 Å². The van der Waals surface area contributed by atoms with Gasteiger partial charge >= 0.3 is 5.97 Å². The number of methoxy groups -OCH3 is 2. The van der Waals surface area contributed by atoms with Crippen LogP contribution in [0.15, 0.2) is 29.8 Å². The minimum atomic E-state index is -0.141. The van der Waals surface area contributed by atoms with Crippen LogP contribution in [-0.4, -0.2) is 82.0 Å². The number of ether oxygens (including phenoxy) is 4. The molecular weight excluding hydrogens is 468 g/mol. The maximum Gasteiger partial charge on any atom is 0.311 e. The van der Waals surface area contributed by atoms with E-state index in [0.29, 0.717) is 19.0 Å². The van der Waals surface area contributed by atoms with E-state index in [1.54, 1.807) is 19.8 Å². The quantitative estimate of drug-likeness (QED) is 0.364. The van der Waals surface area contributed by atoms with E-state index in [4.69, 9.17) is 18.9 Å². The molecule has 7 heteroatoms. The number of carbonyl (C=O) groups excluding carboxylic acids is 1. The Labute approximate surface area is 222 Å². The van der Waals surface area contributed by atoms with Gasteiger partial charge in [-0.15, -0.1) is 0 Å². The summed E-state index contributed by atoms with van der Waals surface area (Å²) < 4.78 is 22.8. The SMILES string of the molecule is COc1ccc(OC)c(CN(CCN2CCOCC2)C[C@H]2C(=O)O[C@@H]3C[C@@]4(C)CCC[C@H](C)C4=C[C@@H]32)c1. The Balaban J connectivity index is 1.38. The van der Waals surface area contributed by atoms with Crippen molar-refractivity contribution in [2.75, 3.05) is 60.2 Å². The summed E-state index contributed by atoms with van der Waals surface area (Å²) in [5.41, 5.74) is 2.82. The van der Waals surface area contributed by atoms with Crippen LogP contribution in [0.1, 0.15) is 45.1 Å². The average Bonchev–Trinajstić information content (AvgIpc) is 3.19. The molecule has 0 spiro atoms. The molecule has 1 saturated carbocycles. The minimum absolute atomic E-state index is 0.00370. The van der Waals surface area contributed by atoms with E-state index in [1.807, 2.05) is 18.2 Å². The van der Waals surface area contributed by atoms with Crippen LogP contribution < -0.4 is 9.47 Å². The van der Waals surface area contributed by atoms with Gasteiger partial charge in [-0.3, -0.25) is 14.6 Å². The number of hydrogen-bond donors (Lipinski definition) is 0. The highest BCUT2D eigenvalue weighted by atomic mass is 16.6. The Hall–Kier alpha value is -2.09. The van der Waals surface area contributed by atoms with Gasteiger partial charge in [-0.2, -0.15) is 0 Å². The molecule has 1 aromatic carbocycles. The van der Waals surface area contributed by atoms with Crippen LogP contribution in [0.4, 0.5) is 0 Å². The van der Waals surface area contributed by atoms with E-state index < -0.39 is 0 Å². The van der Waals surface area contributed by atoms with Crippen LogP contribution in [0.2, 0.25) is 0 Å². The maximum atomic E-state index is 13.3. The Morgan fingerprint density at radius 2 is 2.00 bits per heavy atom. The number of carbonyl (C=O) groups is 1.